The van der Waals surface area contributed by atoms with Crippen LogP contribution in [-0.2, 0) is 4.74 Å². The van der Waals surface area contributed by atoms with Gasteiger partial charge in [-0.25, -0.2) is 0 Å². The summed E-state index contributed by atoms with van der Waals surface area (Å²) in [5, 5.41) is 3.13. The average molecular weight is 307 g/mol. The lowest BCUT2D eigenvalue weighted by molar-refractivity contribution is 0.0932. The second-order valence-electron chi connectivity index (χ2n) is 5.57. The number of carbonyl (C=O) groups is 1. The van der Waals surface area contributed by atoms with Crippen molar-refractivity contribution in [3.05, 3.63) is 29.3 Å². The van der Waals surface area contributed by atoms with Crippen LogP contribution in [0.4, 0.5) is 0 Å². The van der Waals surface area contributed by atoms with E-state index in [2.05, 4.69) is 19.2 Å². The van der Waals surface area contributed by atoms with Crippen molar-refractivity contribution in [3.8, 4) is 5.75 Å². The van der Waals surface area contributed by atoms with E-state index in [1.54, 1.807) is 7.11 Å². The SMILES string of the molecule is CCCC(CCC)NC(=O)c1ccc(OCCOC)c(C)c1. The Morgan fingerprint density at radius 2 is 1.86 bits per heavy atom. The molecule has 1 aromatic carbocycles. The zero-order chi connectivity index (χ0) is 16.4. The second kappa shape index (κ2) is 10.2. The van der Waals surface area contributed by atoms with Crippen molar-refractivity contribution in [1.29, 1.82) is 0 Å². The van der Waals surface area contributed by atoms with E-state index >= 15 is 0 Å². The van der Waals surface area contributed by atoms with E-state index in [1.165, 1.54) is 0 Å². The molecule has 0 radical (unpaired) electrons. The van der Waals surface area contributed by atoms with Gasteiger partial charge in [-0.05, 0) is 43.5 Å². The van der Waals surface area contributed by atoms with Gasteiger partial charge in [-0.3, -0.25) is 4.79 Å². The van der Waals surface area contributed by atoms with Crippen molar-refractivity contribution in [2.75, 3.05) is 20.3 Å². The quantitative estimate of drug-likeness (QED) is 0.670. The molecule has 0 bridgehead atoms. The summed E-state index contributed by atoms with van der Waals surface area (Å²) < 4.78 is 10.6. The highest BCUT2D eigenvalue weighted by Gasteiger charge is 2.13. The minimum absolute atomic E-state index is 0.00144. The van der Waals surface area contributed by atoms with E-state index in [0.717, 1.165) is 37.0 Å². The maximum absolute atomic E-state index is 12.4. The molecule has 0 aliphatic rings. The van der Waals surface area contributed by atoms with Gasteiger partial charge < -0.3 is 14.8 Å². The smallest absolute Gasteiger partial charge is 0.251 e. The molecule has 1 amide bonds. The van der Waals surface area contributed by atoms with Gasteiger partial charge in [-0.1, -0.05) is 26.7 Å². The van der Waals surface area contributed by atoms with Gasteiger partial charge in [0, 0.05) is 18.7 Å². The van der Waals surface area contributed by atoms with Gasteiger partial charge in [0.2, 0.25) is 0 Å². The number of ether oxygens (including phenoxy) is 2. The van der Waals surface area contributed by atoms with Crippen LogP contribution < -0.4 is 10.1 Å². The molecular formula is C18H29NO3. The van der Waals surface area contributed by atoms with Crippen molar-refractivity contribution >= 4 is 5.91 Å². The minimum Gasteiger partial charge on any atom is -0.491 e. The highest BCUT2D eigenvalue weighted by Crippen LogP contribution is 2.19. The molecule has 124 valence electrons. The van der Waals surface area contributed by atoms with E-state index < -0.39 is 0 Å². The van der Waals surface area contributed by atoms with Gasteiger partial charge in [0.25, 0.3) is 5.91 Å². The summed E-state index contributed by atoms with van der Waals surface area (Å²) in [6.07, 6.45) is 4.21. The lowest BCUT2D eigenvalue weighted by Gasteiger charge is -2.18. The summed E-state index contributed by atoms with van der Waals surface area (Å²) in [6, 6.07) is 5.82. The standard InChI is InChI=1S/C18H29NO3/c1-5-7-16(8-6-2)19-18(20)15-9-10-17(14(3)13-15)22-12-11-21-4/h9-10,13,16H,5-8,11-12H2,1-4H3,(H,19,20). The van der Waals surface area contributed by atoms with Gasteiger partial charge >= 0.3 is 0 Å². The predicted octanol–water partition coefficient (Wildman–Crippen LogP) is 3.72. The zero-order valence-electron chi connectivity index (χ0n) is 14.3. The van der Waals surface area contributed by atoms with Crippen LogP contribution in [0, 0.1) is 6.92 Å². The third-order valence-electron chi connectivity index (χ3n) is 3.59. The van der Waals surface area contributed by atoms with Crippen molar-refractivity contribution in [1.82, 2.24) is 5.32 Å². The molecule has 0 aromatic heterocycles. The highest BCUT2D eigenvalue weighted by atomic mass is 16.5. The fourth-order valence-corrected chi connectivity index (χ4v) is 2.44. The second-order valence-corrected chi connectivity index (χ2v) is 5.57. The molecule has 4 heteroatoms. The maximum atomic E-state index is 12.4. The first-order chi connectivity index (χ1) is 10.6. The molecule has 22 heavy (non-hydrogen) atoms. The summed E-state index contributed by atoms with van der Waals surface area (Å²) in [7, 11) is 1.65. The number of hydrogen-bond acceptors (Lipinski definition) is 3. The summed E-state index contributed by atoms with van der Waals surface area (Å²) >= 11 is 0. The van der Waals surface area contributed by atoms with E-state index in [0.29, 0.717) is 18.8 Å². The lowest BCUT2D eigenvalue weighted by atomic mass is 10.1. The summed E-state index contributed by atoms with van der Waals surface area (Å²) in [5.74, 6) is 0.797. The predicted molar refractivity (Wildman–Crippen MR) is 89.6 cm³/mol. The number of amides is 1. The number of nitrogens with one attached hydrogen (secondary N) is 1. The Labute approximate surface area is 134 Å². The van der Waals surface area contributed by atoms with Crippen LogP contribution in [0.1, 0.15) is 55.5 Å². The van der Waals surface area contributed by atoms with Gasteiger partial charge in [0.1, 0.15) is 12.4 Å². The van der Waals surface area contributed by atoms with Gasteiger partial charge in [0.05, 0.1) is 6.61 Å². The number of carbonyl (C=O) groups excluding carboxylic acids is 1. The van der Waals surface area contributed by atoms with Crippen LogP contribution in [0.5, 0.6) is 5.75 Å². The normalized spacial score (nSPS) is 10.8. The summed E-state index contributed by atoms with van der Waals surface area (Å²) in [5.41, 5.74) is 1.65. The van der Waals surface area contributed by atoms with Crippen molar-refractivity contribution in [3.63, 3.8) is 0 Å². The molecule has 0 heterocycles. The van der Waals surface area contributed by atoms with Gasteiger partial charge in [-0.15, -0.1) is 0 Å². The largest absolute Gasteiger partial charge is 0.491 e. The molecule has 0 saturated carbocycles. The Morgan fingerprint density at radius 1 is 1.18 bits per heavy atom. The highest BCUT2D eigenvalue weighted by molar-refractivity contribution is 5.94. The number of hydrogen-bond donors (Lipinski definition) is 1. The first kappa shape index (κ1) is 18.5. The number of methoxy groups -OCH3 is 1. The van der Waals surface area contributed by atoms with E-state index in [1.807, 2.05) is 25.1 Å². The summed E-state index contributed by atoms with van der Waals surface area (Å²) in [4.78, 5) is 12.4. The molecule has 0 aliphatic carbocycles. The van der Waals surface area contributed by atoms with Crippen molar-refractivity contribution in [2.45, 2.75) is 52.5 Å². The number of aryl methyl sites for hydroxylation is 1. The molecule has 0 atom stereocenters. The van der Waals surface area contributed by atoms with Crippen LogP contribution in [0.25, 0.3) is 0 Å². The Balaban J connectivity index is 2.67. The molecule has 0 fully saturated rings. The zero-order valence-corrected chi connectivity index (χ0v) is 14.3. The van der Waals surface area contributed by atoms with Crippen LogP contribution >= 0.6 is 0 Å². The Morgan fingerprint density at radius 3 is 2.41 bits per heavy atom. The van der Waals surface area contributed by atoms with E-state index in [-0.39, 0.29) is 11.9 Å². The van der Waals surface area contributed by atoms with Crippen LogP contribution in [0.3, 0.4) is 0 Å². The topological polar surface area (TPSA) is 47.6 Å². The molecule has 0 aliphatic heterocycles. The lowest BCUT2D eigenvalue weighted by Crippen LogP contribution is -2.34. The fraction of sp³-hybridized carbons (Fsp3) is 0.611. The van der Waals surface area contributed by atoms with Gasteiger partial charge in [0.15, 0.2) is 0 Å². The monoisotopic (exact) mass is 307 g/mol. The Bertz CT molecular complexity index is 454. The number of rotatable bonds is 10. The molecular weight excluding hydrogens is 278 g/mol. The summed E-state index contributed by atoms with van der Waals surface area (Å²) in [6.45, 7) is 7.31. The fourth-order valence-electron chi connectivity index (χ4n) is 2.44. The minimum atomic E-state index is -0.00144. The van der Waals surface area contributed by atoms with Crippen molar-refractivity contribution < 1.29 is 14.3 Å². The molecule has 1 rings (SSSR count). The Kier molecular flexibility index (Phi) is 8.60. The molecule has 1 N–H and O–H groups in total. The van der Waals surface area contributed by atoms with Gasteiger partial charge in [-0.2, -0.15) is 0 Å². The maximum Gasteiger partial charge on any atom is 0.251 e. The van der Waals surface area contributed by atoms with Crippen LogP contribution in [0.2, 0.25) is 0 Å². The number of benzene rings is 1. The van der Waals surface area contributed by atoms with Crippen LogP contribution in [0.15, 0.2) is 18.2 Å². The Hall–Kier alpha value is -1.55. The molecule has 0 saturated heterocycles. The third-order valence-corrected chi connectivity index (χ3v) is 3.59. The van der Waals surface area contributed by atoms with Crippen molar-refractivity contribution in [2.24, 2.45) is 0 Å². The molecule has 1 aromatic rings. The molecule has 4 nitrogen and oxygen atoms in total. The molecule has 0 spiro atoms. The first-order valence-corrected chi connectivity index (χ1v) is 8.15. The average Bonchev–Trinajstić information content (AvgIpc) is 2.49. The molecule has 0 unspecified atom stereocenters. The third kappa shape index (κ3) is 6.06. The van der Waals surface area contributed by atoms with E-state index in [9.17, 15) is 4.79 Å². The first-order valence-electron chi connectivity index (χ1n) is 8.15. The van der Waals surface area contributed by atoms with E-state index in [4.69, 9.17) is 9.47 Å². The van der Waals surface area contributed by atoms with Crippen LogP contribution in [-0.4, -0.2) is 32.3 Å².